The summed E-state index contributed by atoms with van der Waals surface area (Å²) in [5.74, 6) is 1.47. The SMILES string of the molecule is CCCCCCCCCCCCCCCCCCOP(=O)(OCCCCCC(C)C)OCCCCCC(C)C.N. The Morgan fingerprint density at radius 2 is 0.675 bits per heavy atom. The number of unbranched alkanes of at least 4 members (excludes halogenated alkanes) is 19. The fraction of sp³-hybridized carbons (Fsp3) is 1.00. The van der Waals surface area contributed by atoms with Gasteiger partial charge in [0.25, 0.3) is 0 Å². The molecule has 0 saturated carbocycles. The first-order chi connectivity index (χ1) is 18.9. The van der Waals surface area contributed by atoms with Crippen molar-refractivity contribution in [3.63, 3.8) is 0 Å². The molecule has 0 fully saturated rings. The van der Waals surface area contributed by atoms with Crippen LogP contribution in [0, 0.1) is 11.8 Å². The highest BCUT2D eigenvalue weighted by molar-refractivity contribution is 7.48. The summed E-state index contributed by atoms with van der Waals surface area (Å²) in [4.78, 5) is 0. The molecule has 0 saturated heterocycles. The fourth-order valence-corrected chi connectivity index (χ4v) is 6.24. The van der Waals surface area contributed by atoms with Crippen molar-refractivity contribution < 1.29 is 18.1 Å². The van der Waals surface area contributed by atoms with Gasteiger partial charge in [0.1, 0.15) is 0 Å². The molecule has 0 heterocycles. The van der Waals surface area contributed by atoms with Crippen LogP contribution in [-0.2, 0) is 18.1 Å². The Kier molecular flexibility index (Phi) is 33.8. The van der Waals surface area contributed by atoms with E-state index in [1.165, 1.54) is 116 Å². The van der Waals surface area contributed by atoms with Gasteiger partial charge in [-0.05, 0) is 31.1 Å². The Morgan fingerprint density at radius 1 is 0.425 bits per heavy atom. The molecule has 0 bridgehead atoms. The number of phosphoric acid groups is 1. The second-order valence-corrected chi connectivity index (χ2v) is 14.4. The van der Waals surface area contributed by atoms with E-state index < -0.39 is 7.82 Å². The van der Waals surface area contributed by atoms with Gasteiger partial charge in [-0.1, -0.05) is 169 Å². The number of rotatable bonds is 32. The van der Waals surface area contributed by atoms with E-state index in [2.05, 4.69) is 34.6 Å². The summed E-state index contributed by atoms with van der Waals surface area (Å²) in [5.41, 5.74) is 0. The molecule has 0 spiro atoms. The second kappa shape index (κ2) is 32.0. The molecular formula is C34H74NO4P. The van der Waals surface area contributed by atoms with Gasteiger partial charge < -0.3 is 6.15 Å². The zero-order valence-electron chi connectivity index (χ0n) is 28.0. The van der Waals surface area contributed by atoms with Crippen LogP contribution in [0.2, 0.25) is 0 Å². The van der Waals surface area contributed by atoms with Crippen molar-refractivity contribution in [2.45, 2.75) is 189 Å². The Bertz CT molecular complexity index is 506. The predicted molar refractivity (Wildman–Crippen MR) is 177 cm³/mol. The van der Waals surface area contributed by atoms with Crippen LogP contribution in [0.3, 0.4) is 0 Å². The van der Waals surface area contributed by atoms with Crippen molar-refractivity contribution in [3.8, 4) is 0 Å². The van der Waals surface area contributed by atoms with Crippen molar-refractivity contribution in [1.82, 2.24) is 6.15 Å². The third-order valence-electron chi connectivity index (χ3n) is 7.60. The fourth-order valence-electron chi connectivity index (χ4n) is 4.95. The van der Waals surface area contributed by atoms with E-state index in [1.807, 2.05) is 0 Å². The van der Waals surface area contributed by atoms with Crippen molar-refractivity contribution >= 4 is 7.82 Å². The minimum Gasteiger partial charge on any atom is -0.344 e. The smallest absolute Gasteiger partial charge is 0.344 e. The Hall–Kier alpha value is 0.0700. The first-order valence-corrected chi connectivity index (χ1v) is 18.9. The largest absolute Gasteiger partial charge is 0.474 e. The maximum atomic E-state index is 13.2. The van der Waals surface area contributed by atoms with Crippen LogP contribution in [0.4, 0.5) is 0 Å². The van der Waals surface area contributed by atoms with Gasteiger partial charge in [0.15, 0.2) is 0 Å². The third-order valence-corrected chi connectivity index (χ3v) is 9.09. The van der Waals surface area contributed by atoms with Gasteiger partial charge in [-0.15, -0.1) is 0 Å². The lowest BCUT2D eigenvalue weighted by Gasteiger charge is -2.18. The number of hydrogen-bond donors (Lipinski definition) is 1. The molecule has 6 heteroatoms. The van der Waals surface area contributed by atoms with Crippen molar-refractivity contribution in [3.05, 3.63) is 0 Å². The Balaban J connectivity index is 0. The van der Waals surface area contributed by atoms with Gasteiger partial charge in [-0.25, -0.2) is 4.57 Å². The molecule has 3 N–H and O–H groups in total. The summed E-state index contributed by atoms with van der Waals surface area (Å²) >= 11 is 0. The molecule has 0 atom stereocenters. The van der Waals surface area contributed by atoms with Gasteiger partial charge in [-0.3, -0.25) is 13.6 Å². The van der Waals surface area contributed by atoms with Crippen LogP contribution in [0.5, 0.6) is 0 Å². The zero-order chi connectivity index (χ0) is 28.9. The second-order valence-electron chi connectivity index (χ2n) is 12.7. The quantitative estimate of drug-likeness (QED) is 0.0621. The molecule has 5 nitrogen and oxygen atoms in total. The van der Waals surface area contributed by atoms with Crippen LogP contribution < -0.4 is 6.15 Å². The van der Waals surface area contributed by atoms with Gasteiger partial charge in [0, 0.05) is 0 Å². The zero-order valence-corrected chi connectivity index (χ0v) is 28.9. The van der Waals surface area contributed by atoms with Gasteiger partial charge in [0.2, 0.25) is 0 Å². The molecule has 0 aromatic carbocycles. The molecule has 0 aromatic heterocycles. The molecule has 0 aliphatic carbocycles. The van der Waals surface area contributed by atoms with Crippen LogP contribution in [0.25, 0.3) is 0 Å². The summed E-state index contributed by atoms with van der Waals surface area (Å²) in [5, 5.41) is 0. The van der Waals surface area contributed by atoms with E-state index >= 15 is 0 Å². The highest BCUT2D eigenvalue weighted by Crippen LogP contribution is 2.50. The van der Waals surface area contributed by atoms with Crippen LogP contribution in [0.15, 0.2) is 0 Å². The minimum absolute atomic E-state index is 0. The molecule has 0 rings (SSSR count). The van der Waals surface area contributed by atoms with E-state index in [0.717, 1.165) is 50.4 Å². The summed E-state index contributed by atoms with van der Waals surface area (Å²) in [6.07, 6.45) is 30.4. The predicted octanol–water partition coefficient (Wildman–Crippen LogP) is 13.0. The lowest BCUT2D eigenvalue weighted by atomic mass is 10.0. The van der Waals surface area contributed by atoms with Gasteiger partial charge in [0.05, 0.1) is 19.8 Å². The lowest BCUT2D eigenvalue weighted by Crippen LogP contribution is -2.04. The molecule has 0 amide bonds. The maximum absolute atomic E-state index is 13.2. The summed E-state index contributed by atoms with van der Waals surface area (Å²) in [7, 11) is -3.44. The van der Waals surface area contributed by atoms with Crippen molar-refractivity contribution in [2.75, 3.05) is 19.8 Å². The van der Waals surface area contributed by atoms with E-state index in [0.29, 0.717) is 19.8 Å². The average Bonchev–Trinajstić information content (AvgIpc) is 2.89. The summed E-state index contributed by atoms with van der Waals surface area (Å²) < 4.78 is 30.4. The van der Waals surface area contributed by atoms with Crippen molar-refractivity contribution in [1.29, 1.82) is 0 Å². The third kappa shape index (κ3) is 32.6. The molecule has 0 radical (unpaired) electrons. The van der Waals surface area contributed by atoms with E-state index in [4.69, 9.17) is 13.6 Å². The minimum atomic E-state index is -3.44. The highest BCUT2D eigenvalue weighted by Gasteiger charge is 2.26. The molecule has 0 aliphatic rings. The highest BCUT2D eigenvalue weighted by atomic mass is 31.2. The topological polar surface area (TPSA) is 79.8 Å². The lowest BCUT2D eigenvalue weighted by molar-refractivity contribution is 0.108. The first-order valence-electron chi connectivity index (χ1n) is 17.4. The molecule has 0 unspecified atom stereocenters. The first kappa shape index (κ1) is 42.2. The average molecular weight is 592 g/mol. The normalized spacial score (nSPS) is 12.0. The maximum Gasteiger partial charge on any atom is 0.474 e. The Morgan fingerprint density at radius 3 is 0.950 bits per heavy atom. The number of phosphoric ester groups is 1. The van der Waals surface area contributed by atoms with E-state index in [9.17, 15) is 4.57 Å². The van der Waals surface area contributed by atoms with E-state index in [1.54, 1.807) is 0 Å². The van der Waals surface area contributed by atoms with Crippen molar-refractivity contribution in [2.24, 2.45) is 11.8 Å². The molecule has 40 heavy (non-hydrogen) atoms. The molecular weight excluding hydrogens is 517 g/mol. The van der Waals surface area contributed by atoms with Gasteiger partial charge >= 0.3 is 7.82 Å². The monoisotopic (exact) mass is 592 g/mol. The molecule has 244 valence electrons. The summed E-state index contributed by atoms with van der Waals surface area (Å²) in [6, 6.07) is 0. The number of hydrogen-bond acceptors (Lipinski definition) is 5. The van der Waals surface area contributed by atoms with Crippen LogP contribution in [0.1, 0.15) is 189 Å². The van der Waals surface area contributed by atoms with Crippen LogP contribution >= 0.6 is 7.82 Å². The molecule has 0 aromatic rings. The van der Waals surface area contributed by atoms with Gasteiger partial charge in [-0.2, -0.15) is 0 Å². The van der Waals surface area contributed by atoms with Crippen LogP contribution in [-0.4, -0.2) is 19.8 Å². The standard InChI is InChI=1S/C34H71O4P.H3N/c1-6-7-8-9-10-11-12-13-14-15-16-17-18-19-20-25-30-36-39(35,37-31-26-21-23-28-33(2)3)38-32-27-22-24-29-34(4)5;/h33-34H,6-32H2,1-5H3;1H3. The summed E-state index contributed by atoms with van der Waals surface area (Å²) in [6.45, 7) is 12.7. The Labute approximate surface area is 252 Å². The molecule has 0 aliphatic heterocycles. The van der Waals surface area contributed by atoms with E-state index in [-0.39, 0.29) is 6.15 Å².